The van der Waals surface area contributed by atoms with E-state index in [-0.39, 0.29) is 18.1 Å². The van der Waals surface area contributed by atoms with E-state index < -0.39 is 0 Å². The van der Waals surface area contributed by atoms with Crippen LogP contribution in [0.2, 0.25) is 4.34 Å². The molecule has 0 radical (unpaired) electrons. The monoisotopic (exact) mass is 392 g/mol. The van der Waals surface area contributed by atoms with E-state index in [1.165, 1.54) is 23.6 Å². The van der Waals surface area contributed by atoms with E-state index in [2.05, 4.69) is 4.98 Å². The Kier molecular flexibility index (Phi) is 6.06. The number of rotatable bonds is 7. The van der Waals surface area contributed by atoms with Gasteiger partial charge in [0, 0.05) is 24.3 Å². The summed E-state index contributed by atoms with van der Waals surface area (Å²) in [5.74, 6) is 0.443. The fourth-order valence-electron chi connectivity index (χ4n) is 2.58. The molecule has 0 unspecified atom stereocenters. The second kappa shape index (κ2) is 8.47. The van der Waals surface area contributed by atoms with Crippen molar-refractivity contribution in [1.29, 1.82) is 0 Å². The molecule has 1 amide bonds. The zero-order valence-corrected chi connectivity index (χ0v) is 15.8. The molecule has 1 aromatic carbocycles. The first kappa shape index (κ1) is 18.6. The largest absolute Gasteiger partial charge is 0.441 e. The molecule has 26 heavy (non-hydrogen) atoms. The number of carbonyl (C=O) groups excluding carboxylic acids is 1. The molecule has 0 aliphatic rings. The second-order valence-corrected chi connectivity index (χ2v) is 7.51. The van der Waals surface area contributed by atoms with Crippen molar-refractivity contribution in [2.24, 2.45) is 0 Å². The highest BCUT2D eigenvalue weighted by atomic mass is 35.5. The van der Waals surface area contributed by atoms with E-state index in [0.717, 1.165) is 4.88 Å². The number of hydrogen-bond donors (Lipinski definition) is 0. The summed E-state index contributed by atoms with van der Waals surface area (Å²) in [6, 6.07) is 10.1. The molecule has 0 aliphatic carbocycles. The number of aryl methyl sites for hydroxylation is 1. The number of aromatic nitrogens is 1. The SMILES string of the molecule is CCN(Cc1ccc(Cl)s1)C(=O)CCc1ncc(-c2ccccc2F)o1. The van der Waals surface area contributed by atoms with E-state index in [0.29, 0.717) is 41.1 Å². The van der Waals surface area contributed by atoms with E-state index >= 15 is 0 Å². The summed E-state index contributed by atoms with van der Waals surface area (Å²) in [4.78, 5) is 19.4. The van der Waals surface area contributed by atoms with Crippen LogP contribution in [0.3, 0.4) is 0 Å². The molecule has 0 saturated carbocycles. The van der Waals surface area contributed by atoms with Gasteiger partial charge < -0.3 is 9.32 Å². The summed E-state index contributed by atoms with van der Waals surface area (Å²) in [5.41, 5.74) is 0.363. The molecule has 0 bridgehead atoms. The second-order valence-electron chi connectivity index (χ2n) is 5.71. The van der Waals surface area contributed by atoms with Crippen molar-refractivity contribution in [2.75, 3.05) is 6.54 Å². The Labute approximate surface area is 160 Å². The Bertz CT molecular complexity index is 893. The highest BCUT2D eigenvalue weighted by Crippen LogP contribution is 2.24. The van der Waals surface area contributed by atoms with E-state index in [4.69, 9.17) is 16.0 Å². The lowest BCUT2D eigenvalue weighted by molar-refractivity contribution is -0.131. The number of carbonyl (C=O) groups is 1. The van der Waals surface area contributed by atoms with Crippen molar-refractivity contribution in [2.45, 2.75) is 26.3 Å². The molecular formula is C19H18ClFN2O2S. The summed E-state index contributed by atoms with van der Waals surface area (Å²) in [5, 5.41) is 0. The quantitative estimate of drug-likeness (QED) is 0.556. The van der Waals surface area contributed by atoms with Gasteiger partial charge in [0.2, 0.25) is 5.91 Å². The normalized spacial score (nSPS) is 10.9. The van der Waals surface area contributed by atoms with Gasteiger partial charge in [0.05, 0.1) is 22.6 Å². The molecular weight excluding hydrogens is 375 g/mol. The Morgan fingerprint density at radius 1 is 1.31 bits per heavy atom. The van der Waals surface area contributed by atoms with Gasteiger partial charge in [-0.1, -0.05) is 23.7 Å². The Hall–Kier alpha value is -2.18. The van der Waals surface area contributed by atoms with E-state index in [1.807, 2.05) is 19.1 Å². The molecule has 0 atom stereocenters. The van der Waals surface area contributed by atoms with Crippen LogP contribution in [0, 0.1) is 5.82 Å². The molecule has 3 aromatic rings. The van der Waals surface area contributed by atoms with Gasteiger partial charge in [-0.2, -0.15) is 0 Å². The number of halogens is 2. The van der Waals surface area contributed by atoms with Crippen molar-refractivity contribution in [3.63, 3.8) is 0 Å². The van der Waals surface area contributed by atoms with Crippen molar-refractivity contribution >= 4 is 28.8 Å². The lowest BCUT2D eigenvalue weighted by Crippen LogP contribution is -2.30. The Morgan fingerprint density at radius 2 is 2.12 bits per heavy atom. The summed E-state index contributed by atoms with van der Waals surface area (Å²) in [6.45, 7) is 3.09. The van der Waals surface area contributed by atoms with Gasteiger partial charge in [-0.05, 0) is 31.2 Å². The maximum atomic E-state index is 13.8. The summed E-state index contributed by atoms with van der Waals surface area (Å²) < 4.78 is 20.1. The van der Waals surface area contributed by atoms with Crippen LogP contribution in [-0.2, 0) is 17.8 Å². The molecule has 0 N–H and O–H groups in total. The first-order valence-corrected chi connectivity index (χ1v) is 9.48. The standard InChI is InChI=1S/C19H18ClFN2O2S/c1-2-23(12-13-7-8-17(20)26-13)19(24)10-9-18-22-11-16(25-18)14-5-3-4-6-15(14)21/h3-8,11H,2,9-10,12H2,1H3. The van der Waals surface area contributed by atoms with Crippen LogP contribution in [0.1, 0.15) is 24.1 Å². The van der Waals surface area contributed by atoms with Gasteiger partial charge in [0.15, 0.2) is 11.7 Å². The predicted molar refractivity (Wildman–Crippen MR) is 101 cm³/mol. The van der Waals surface area contributed by atoms with Crippen LogP contribution in [0.15, 0.2) is 47.0 Å². The third kappa shape index (κ3) is 4.51. The minimum Gasteiger partial charge on any atom is -0.441 e. The molecule has 0 fully saturated rings. The number of thiophene rings is 1. The maximum absolute atomic E-state index is 13.8. The molecule has 136 valence electrons. The fraction of sp³-hybridized carbons (Fsp3) is 0.263. The summed E-state index contributed by atoms with van der Waals surface area (Å²) >= 11 is 7.41. The van der Waals surface area contributed by atoms with Gasteiger partial charge in [0.25, 0.3) is 0 Å². The first-order chi connectivity index (χ1) is 12.6. The molecule has 3 rings (SSSR count). The summed E-state index contributed by atoms with van der Waals surface area (Å²) in [7, 11) is 0. The molecule has 0 aliphatic heterocycles. The van der Waals surface area contributed by atoms with Crippen LogP contribution < -0.4 is 0 Å². The van der Waals surface area contributed by atoms with Gasteiger partial charge >= 0.3 is 0 Å². The van der Waals surface area contributed by atoms with Crippen LogP contribution in [0.4, 0.5) is 4.39 Å². The van der Waals surface area contributed by atoms with E-state index in [9.17, 15) is 9.18 Å². The van der Waals surface area contributed by atoms with Crippen LogP contribution in [0.25, 0.3) is 11.3 Å². The lowest BCUT2D eigenvalue weighted by Gasteiger charge is -2.19. The minimum absolute atomic E-state index is 0.0164. The number of oxazole rings is 1. The first-order valence-electron chi connectivity index (χ1n) is 8.28. The highest BCUT2D eigenvalue weighted by molar-refractivity contribution is 7.16. The molecule has 2 aromatic heterocycles. The van der Waals surface area contributed by atoms with Crippen molar-refractivity contribution < 1.29 is 13.6 Å². The lowest BCUT2D eigenvalue weighted by atomic mass is 10.2. The molecule has 7 heteroatoms. The van der Waals surface area contributed by atoms with Crippen LogP contribution >= 0.6 is 22.9 Å². The smallest absolute Gasteiger partial charge is 0.223 e. The minimum atomic E-state index is -0.363. The predicted octanol–water partition coefficient (Wildman–Crippen LogP) is 5.18. The number of hydrogen-bond acceptors (Lipinski definition) is 4. The fourth-order valence-corrected chi connectivity index (χ4v) is 3.69. The number of benzene rings is 1. The zero-order chi connectivity index (χ0) is 18.5. The zero-order valence-electron chi connectivity index (χ0n) is 14.2. The third-order valence-electron chi connectivity index (χ3n) is 3.96. The van der Waals surface area contributed by atoms with Crippen LogP contribution in [0.5, 0.6) is 0 Å². The van der Waals surface area contributed by atoms with Gasteiger partial charge in [0.1, 0.15) is 5.82 Å². The third-order valence-corrected chi connectivity index (χ3v) is 5.17. The van der Waals surface area contributed by atoms with Gasteiger partial charge in [-0.25, -0.2) is 9.37 Å². The maximum Gasteiger partial charge on any atom is 0.223 e. The Balaban J connectivity index is 1.59. The van der Waals surface area contributed by atoms with Crippen LogP contribution in [-0.4, -0.2) is 22.3 Å². The number of nitrogens with zero attached hydrogens (tertiary/aromatic N) is 2. The topological polar surface area (TPSA) is 46.3 Å². The van der Waals surface area contributed by atoms with Crippen molar-refractivity contribution in [3.05, 3.63) is 63.5 Å². The Morgan fingerprint density at radius 3 is 2.81 bits per heavy atom. The highest BCUT2D eigenvalue weighted by Gasteiger charge is 2.16. The molecule has 2 heterocycles. The number of amides is 1. The van der Waals surface area contributed by atoms with Gasteiger partial charge in [-0.15, -0.1) is 11.3 Å². The molecule has 0 saturated heterocycles. The van der Waals surface area contributed by atoms with Gasteiger partial charge in [-0.3, -0.25) is 4.79 Å². The molecule has 0 spiro atoms. The average Bonchev–Trinajstić information content (AvgIpc) is 3.27. The van der Waals surface area contributed by atoms with Crippen molar-refractivity contribution in [3.8, 4) is 11.3 Å². The summed E-state index contributed by atoms with van der Waals surface area (Å²) in [6.07, 6.45) is 2.14. The van der Waals surface area contributed by atoms with E-state index in [1.54, 1.807) is 23.1 Å². The van der Waals surface area contributed by atoms with Crippen molar-refractivity contribution in [1.82, 2.24) is 9.88 Å². The molecule has 4 nitrogen and oxygen atoms in total. The average molecular weight is 393 g/mol.